The van der Waals surface area contributed by atoms with Crippen LogP contribution >= 0.6 is 0 Å². The molecule has 0 aromatic rings. The van der Waals surface area contributed by atoms with Gasteiger partial charge in [-0.05, 0) is 24.3 Å². The molecular weight excluding hydrogens is 166 g/mol. The van der Waals surface area contributed by atoms with Gasteiger partial charge in [-0.1, -0.05) is 20.8 Å². The van der Waals surface area contributed by atoms with Crippen LogP contribution in [0.25, 0.3) is 0 Å². The molecule has 76 valence electrons. The van der Waals surface area contributed by atoms with Gasteiger partial charge in [0, 0.05) is 6.54 Å². The van der Waals surface area contributed by atoms with E-state index < -0.39 is 5.97 Å². The minimum atomic E-state index is -0.665. The van der Waals surface area contributed by atoms with Crippen LogP contribution in [0.1, 0.15) is 27.2 Å². The summed E-state index contributed by atoms with van der Waals surface area (Å²) in [5, 5.41) is 12.1. The molecule has 13 heavy (non-hydrogen) atoms. The van der Waals surface area contributed by atoms with E-state index in [0.29, 0.717) is 12.5 Å². The standard InChI is InChI=1S/C10H19NO2/c1-10(2,3)8-4-7(9(12)13)5-11-6-8/h7-8,11H,4-6H2,1-3H3,(H,12,13)/t7-,8-/m0/s1. The van der Waals surface area contributed by atoms with Crippen LogP contribution in [0.3, 0.4) is 0 Å². The molecule has 2 atom stereocenters. The molecule has 2 N–H and O–H groups in total. The normalized spacial score (nSPS) is 30.1. The van der Waals surface area contributed by atoms with Gasteiger partial charge in [-0.3, -0.25) is 4.79 Å². The van der Waals surface area contributed by atoms with E-state index in [-0.39, 0.29) is 11.3 Å². The van der Waals surface area contributed by atoms with E-state index in [1.54, 1.807) is 0 Å². The fraction of sp³-hybridized carbons (Fsp3) is 0.900. The molecule has 1 heterocycles. The summed E-state index contributed by atoms with van der Waals surface area (Å²) in [6, 6.07) is 0. The Kier molecular flexibility index (Phi) is 2.96. The average molecular weight is 185 g/mol. The molecule has 0 saturated carbocycles. The number of carboxylic acid groups (broad SMARTS) is 1. The maximum Gasteiger partial charge on any atom is 0.307 e. The van der Waals surface area contributed by atoms with Gasteiger partial charge in [-0.2, -0.15) is 0 Å². The lowest BCUT2D eigenvalue weighted by atomic mass is 9.74. The SMILES string of the molecule is CC(C)(C)[C@@H]1CNC[C@@H](C(=O)O)C1. The van der Waals surface area contributed by atoms with Crippen LogP contribution in [0.5, 0.6) is 0 Å². The second-order valence-corrected chi connectivity index (χ2v) is 4.99. The third-order valence-corrected chi connectivity index (χ3v) is 2.92. The Bertz CT molecular complexity index is 196. The zero-order chi connectivity index (χ0) is 10.1. The van der Waals surface area contributed by atoms with Crippen molar-refractivity contribution in [1.29, 1.82) is 0 Å². The Morgan fingerprint density at radius 1 is 1.38 bits per heavy atom. The van der Waals surface area contributed by atoms with Crippen molar-refractivity contribution in [2.24, 2.45) is 17.3 Å². The van der Waals surface area contributed by atoms with Gasteiger partial charge in [-0.15, -0.1) is 0 Å². The van der Waals surface area contributed by atoms with Gasteiger partial charge in [-0.25, -0.2) is 0 Å². The van der Waals surface area contributed by atoms with Crippen molar-refractivity contribution in [2.75, 3.05) is 13.1 Å². The van der Waals surface area contributed by atoms with Crippen LogP contribution in [0.2, 0.25) is 0 Å². The van der Waals surface area contributed by atoms with Crippen LogP contribution in [-0.4, -0.2) is 24.2 Å². The first-order valence-electron chi connectivity index (χ1n) is 4.85. The minimum absolute atomic E-state index is 0.196. The van der Waals surface area contributed by atoms with Crippen molar-refractivity contribution in [3.8, 4) is 0 Å². The van der Waals surface area contributed by atoms with Gasteiger partial charge in [0.15, 0.2) is 0 Å². The van der Waals surface area contributed by atoms with Gasteiger partial charge >= 0.3 is 5.97 Å². The smallest absolute Gasteiger partial charge is 0.307 e. The largest absolute Gasteiger partial charge is 0.481 e. The van der Waals surface area contributed by atoms with E-state index in [0.717, 1.165) is 13.0 Å². The van der Waals surface area contributed by atoms with E-state index in [9.17, 15) is 4.79 Å². The van der Waals surface area contributed by atoms with Crippen molar-refractivity contribution in [1.82, 2.24) is 5.32 Å². The second-order valence-electron chi connectivity index (χ2n) is 4.99. The summed E-state index contributed by atoms with van der Waals surface area (Å²) in [5.41, 5.74) is 0.209. The first kappa shape index (κ1) is 10.5. The average Bonchev–Trinajstić information content (AvgIpc) is 2.03. The number of carboxylic acids is 1. The highest BCUT2D eigenvalue weighted by atomic mass is 16.4. The molecular formula is C10H19NO2. The number of carbonyl (C=O) groups is 1. The van der Waals surface area contributed by atoms with E-state index in [1.807, 2.05) is 0 Å². The Morgan fingerprint density at radius 2 is 2.00 bits per heavy atom. The van der Waals surface area contributed by atoms with Gasteiger partial charge in [0.05, 0.1) is 5.92 Å². The predicted molar refractivity (Wildman–Crippen MR) is 51.6 cm³/mol. The summed E-state index contributed by atoms with van der Waals surface area (Å²) in [6.45, 7) is 8.09. The molecule has 1 rings (SSSR count). The molecule has 0 aliphatic carbocycles. The summed E-state index contributed by atoms with van der Waals surface area (Å²) in [5.74, 6) is -0.387. The van der Waals surface area contributed by atoms with E-state index in [2.05, 4.69) is 26.1 Å². The highest BCUT2D eigenvalue weighted by molar-refractivity contribution is 5.70. The summed E-state index contributed by atoms with van der Waals surface area (Å²) in [7, 11) is 0. The lowest BCUT2D eigenvalue weighted by Crippen LogP contribution is -2.44. The highest BCUT2D eigenvalue weighted by Gasteiger charge is 2.33. The Hall–Kier alpha value is -0.570. The number of hydrogen-bond acceptors (Lipinski definition) is 2. The lowest BCUT2D eigenvalue weighted by Gasteiger charge is -2.36. The summed E-state index contributed by atoms with van der Waals surface area (Å²) < 4.78 is 0. The summed E-state index contributed by atoms with van der Waals surface area (Å²) >= 11 is 0. The Labute approximate surface area is 79.5 Å². The third kappa shape index (κ3) is 2.69. The molecule has 0 unspecified atom stereocenters. The topological polar surface area (TPSA) is 49.3 Å². The molecule has 0 radical (unpaired) electrons. The van der Waals surface area contributed by atoms with E-state index >= 15 is 0 Å². The maximum absolute atomic E-state index is 10.8. The Morgan fingerprint density at radius 3 is 2.46 bits per heavy atom. The lowest BCUT2D eigenvalue weighted by molar-refractivity contribution is -0.143. The van der Waals surface area contributed by atoms with Crippen LogP contribution in [-0.2, 0) is 4.79 Å². The minimum Gasteiger partial charge on any atom is -0.481 e. The molecule has 1 aliphatic heterocycles. The molecule has 3 nitrogen and oxygen atoms in total. The van der Waals surface area contributed by atoms with Crippen molar-refractivity contribution < 1.29 is 9.90 Å². The highest BCUT2D eigenvalue weighted by Crippen LogP contribution is 2.32. The van der Waals surface area contributed by atoms with Crippen molar-refractivity contribution in [2.45, 2.75) is 27.2 Å². The fourth-order valence-electron chi connectivity index (χ4n) is 1.79. The fourth-order valence-corrected chi connectivity index (χ4v) is 1.79. The number of piperidine rings is 1. The van der Waals surface area contributed by atoms with Crippen LogP contribution < -0.4 is 5.32 Å². The van der Waals surface area contributed by atoms with Crippen molar-refractivity contribution in [3.05, 3.63) is 0 Å². The number of hydrogen-bond donors (Lipinski definition) is 2. The van der Waals surface area contributed by atoms with Crippen LogP contribution in [0.15, 0.2) is 0 Å². The molecule has 0 aromatic heterocycles. The molecule has 1 saturated heterocycles. The molecule has 0 bridgehead atoms. The van der Waals surface area contributed by atoms with Crippen molar-refractivity contribution in [3.63, 3.8) is 0 Å². The zero-order valence-corrected chi connectivity index (χ0v) is 8.63. The first-order chi connectivity index (χ1) is 5.91. The monoisotopic (exact) mass is 185 g/mol. The number of nitrogens with one attached hydrogen (secondary N) is 1. The summed E-state index contributed by atoms with van der Waals surface area (Å²) in [4.78, 5) is 10.8. The van der Waals surface area contributed by atoms with Crippen LogP contribution in [0.4, 0.5) is 0 Å². The quantitative estimate of drug-likeness (QED) is 0.648. The van der Waals surface area contributed by atoms with E-state index in [1.165, 1.54) is 0 Å². The third-order valence-electron chi connectivity index (χ3n) is 2.92. The van der Waals surface area contributed by atoms with Crippen LogP contribution in [0, 0.1) is 17.3 Å². The van der Waals surface area contributed by atoms with Gasteiger partial charge in [0.1, 0.15) is 0 Å². The van der Waals surface area contributed by atoms with Gasteiger partial charge < -0.3 is 10.4 Å². The molecule has 3 heteroatoms. The predicted octanol–water partition coefficient (Wildman–Crippen LogP) is 1.34. The second kappa shape index (κ2) is 3.66. The van der Waals surface area contributed by atoms with Gasteiger partial charge in [0.2, 0.25) is 0 Å². The molecule has 1 aliphatic rings. The first-order valence-corrected chi connectivity index (χ1v) is 4.85. The summed E-state index contributed by atoms with van der Waals surface area (Å²) in [6.07, 6.45) is 0.811. The molecule has 1 fully saturated rings. The number of rotatable bonds is 1. The maximum atomic E-state index is 10.8. The molecule has 0 spiro atoms. The Balaban J connectivity index is 2.57. The van der Waals surface area contributed by atoms with Crippen molar-refractivity contribution >= 4 is 5.97 Å². The molecule has 0 aromatic carbocycles. The molecule has 0 amide bonds. The number of aliphatic carboxylic acids is 1. The van der Waals surface area contributed by atoms with Gasteiger partial charge in [0.25, 0.3) is 0 Å². The zero-order valence-electron chi connectivity index (χ0n) is 8.63. The van der Waals surface area contributed by atoms with E-state index in [4.69, 9.17) is 5.11 Å².